The smallest absolute Gasteiger partial charge is 0.120 e. The fraction of sp³-hybridized carbons (Fsp3) is 0.400. The first-order valence-corrected chi connectivity index (χ1v) is 6.26. The number of hydrogen-bond donors (Lipinski definition) is 0. The lowest BCUT2D eigenvalue weighted by Crippen LogP contribution is -2.12. The Morgan fingerprint density at radius 3 is 2.59 bits per heavy atom. The second-order valence-corrected chi connectivity index (χ2v) is 3.72. The summed E-state index contributed by atoms with van der Waals surface area (Å²) in [6.07, 6.45) is 7.86. The monoisotopic (exact) mass is 231 g/mol. The first kappa shape index (κ1) is 13.5. The number of benzene rings is 1. The van der Waals surface area contributed by atoms with Crippen molar-refractivity contribution in [3.05, 3.63) is 42.1 Å². The van der Waals surface area contributed by atoms with Crippen molar-refractivity contribution < 1.29 is 4.74 Å². The predicted octanol–water partition coefficient (Wildman–Crippen LogP) is 4.15. The van der Waals surface area contributed by atoms with E-state index in [0.29, 0.717) is 0 Å². The molecule has 2 heteroatoms. The Morgan fingerprint density at radius 2 is 1.88 bits per heavy atom. The normalized spacial score (nSPS) is 17.9. The molecule has 0 aromatic heterocycles. The molecule has 1 aromatic rings. The van der Waals surface area contributed by atoms with E-state index in [2.05, 4.69) is 24.0 Å². The number of ether oxygens (including phenoxy) is 1. The van der Waals surface area contributed by atoms with E-state index in [0.717, 1.165) is 18.6 Å². The van der Waals surface area contributed by atoms with E-state index in [4.69, 9.17) is 4.74 Å². The van der Waals surface area contributed by atoms with Crippen LogP contribution in [0.5, 0.6) is 5.75 Å². The molecule has 2 nitrogen and oxygen atoms in total. The predicted molar refractivity (Wildman–Crippen MR) is 73.8 cm³/mol. The van der Waals surface area contributed by atoms with E-state index in [1.54, 1.807) is 0 Å². The summed E-state index contributed by atoms with van der Waals surface area (Å²) in [5, 5.41) is 0. The van der Waals surface area contributed by atoms with Crippen molar-refractivity contribution in [2.45, 2.75) is 39.7 Å². The molecule has 0 fully saturated rings. The third kappa shape index (κ3) is 4.85. The standard InChI is InChI=1S/C13H15NO.C2H6/c1-11-4-6-13(7-5-11)15-12-3-2-9-14-10-8-12;1-2/h4-10,12H,2-3H2,1H3;1-2H3. The van der Waals surface area contributed by atoms with Gasteiger partial charge in [-0.25, -0.2) is 0 Å². The molecule has 0 radical (unpaired) electrons. The zero-order valence-corrected chi connectivity index (χ0v) is 10.9. The van der Waals surface area contributed by atoms with Crippen LogP contribution in [0.25, 0.3) is 0 Å². The summed E-state index contributed by atoms with van der Waals surface area (Å²) in [5.74, 6) is 0.928. The third-order valence-electron chi connectivity index (χ3n) is 2.38. The average Bonchev–Trinajstić information content (AvgIpc) is 2.63. The molecule has 2 rings (SSSR count). The van der Waals surface area contributed by atoms with E-state index in [9.17, 15) is 0 Å². The van der Waals surface area contributed by atoms with Crippen LogP contribution in [0.4, 0.5) is 0 Å². The highest BCUT2D eigenvalue weighted by atomic mass is 16.5. The summed E-state index contributed by atoms with van der Waals surface area (Å²) in [5.41, 5.74) is 1.25. The molecule has 0 saturated heterocycles. The van der Waals surface area contributed by atoms with Crippen molar-refractivity contribution in [1.82, 2.24) is 0 Å². The largest absolute Gasteiger partial charge is 0.486 e. The second kappa shape index (κ2) is 7.66. The van der Waals surface area contributed by atoms with Gasteiger partial charge in [0.25, 0.3) is 0 Å². The summed E-state index contributed by atoms with van der Waals surface area (Å²) < 4.78 is 5.82. The minimum Gasteiger partial charge on any atom is -0.486 e. The zero-order valence-electron chi connectivity index (χ0n) is 10.9. The van der Waals surface area contributed by atoms with Crippen molar-refractivity contribution in [1.29, 1.82) is 0 Å². The van der Waals surface area contributed by atoms with E-state index < -0.39 is 0 Å². The van der Waals surface area contributed by atoms with Crippen molar-refractivity contribution >= 4 is 6.21 Å². The summed E-state index contributed by atoms with van der Waals surface area (Å²) in [4.78, 5) is 4.09. The number of hydrogen-bond acceptors (Lipinski definition) is 2. The summed E-state index contributed by atoms with van der Waals surface area (Å²) in [6.45, 7) is 6.07. The number of rotatable bonds is 2. The van der Waals surface area contributed by atoms with Crippen molar-refractivity contribution in [2.75, 3.05) is 0 Å². The SMILES string of the molecule is CC.Cc1ccc(OC2C=CN=CCC2)cc1. The maximum atomic E-state index is 5.82. The van der Waals surface area contributed by atoms with Crippen LogP contribution >= 0.6 is 0 Å². The van der Waals surface area contributed by atoms with Crippen molar-refractivity contribution in [3.8, 4) is 5.75 Å². The van der Waals surface area contributed by atoms with Gasteiger partial charge in [-0.3, -0.25) is 4.99 Å². The lowest BCUT2D eigenvalue weighted by Gasteiger charge is -2.13. The molecule has 17 heavy (non-hydrogen) atoms. The summed E-state index contributed by atoms with van der Waals surface area (Å²) in [7, 11) is 0. The highest BCUT2D eigenvalue weighted by Gasteiger charge is 2.07. The number of nitrogens with zero attached hydrogens (tertiary/aromatic N) is 1. The van der Waals surface area contributed by atoms with Crippen molar-refractivity contribution in [3.63, 3.8) is 0 Å². The molecule has 0 aliphatic carbocycles. The molecule has 1 unspecified atom stereocenters. The first-order chi connectivity index (χ1) is 8.34. The highest BCUT2D eigenvalue weighted by molar-refractivity contribution is 5.58. The maximum Gasteiger partial charge on any atom is 0.120 e. The van der Waals surface area contributed by atoms with Gasteiger partial charge in [0.1, 0.15) is 11.9 Å². The van der Waals surface area contributed by atoms with Gasteiger partial charge in [-0.15, -0.1) is 0 Å². The Hall–Kier alpha value is -1.57. The van der Waals surface area contributed by atoms with Gasteiger partial charge in [0.2, 0.25) is 0 Å². The minimum atomic E-state index is 0.148. The Bertz CT molecular complexity index is 365. The van der Waals surface area contributed by atoms with Gasteiger partial charge >= 0.3 is 0 Å². The lowest BCUT2D eigenvalue weighted by atomic mass is 10.2. The molecular formula is C15H21NO. The Kier molecular flexibility index (Phi) is 6.08. The van der Waals surface area contributed by atoms with Crippen LogP contribution in [0.3, 0.4) is 0 Å². The molecule has 0 saturated carbocycles. The third-order valence-corrected chi connectivity index (χ3v) is 2.38. The molecule has 0 bridgehead atoms. The molecular weight excluding hydrogens is 210 g/mol. The van der Waals surface area contributed by atoms with Gasteiger partial charge in [-0.2, -0.15) is 0 Å². The number of aliphatic imine (C=N–C) groups is 1. The number of aryl methyl sites for hydroxylation is 1. The van der Waals surface area contributed by atoms with Crippen LogP contribution in [0, 0.1) is 6.92 Å². The molecule has 0 amide bonds. The minimum absolute atomic E-state index is 0.148. The van der Waals surface area contributed by atoms with E-state index in [1.807, 2.05) is 44.5 Å². The van der Waals surface area contributed by atoms with Crippen LogP contribution in [-0.4, -0.2) is 12.3 Å². The molecule has 1 aliphatic heterocycles. The van der Waals surface area contributed by atoms with Crippen LogP contribution in [0.2, 0.25) is 0 Å². The Balaban J connectivity index is 0.000000686. The first-order valence-electron chi connectivity index (χ1n) is 6.26. The highest BCUT2D eigenvalue weighted by Crippen LogP contribution is 2.16. The van der Waals surface area contributed by atoms with Gasteiger partial charge in [0.05, 0.1) is 0 Å². The van der Waals surface area contributed by atoms with Crippen LogP contribution in [-0.2, 0) is 0 Å². The van der Waals surface area contributed by atoms with Crippen molar-refractivity contribution in [2.24, 2.45) is 4.99 Å². The van der Waals surface area contributed by atoms with Gasteiger partial charge in [-0.1, -0.05) is 31.5 Å². The van der Waals surface area contributed by atoms with E-state index in [1.165, 1.54) is 5.56 Å². The van der Waals surface area contributed by atoms with Gasteiger partial charge in [0, 0.05) is 12.4 Å². The van der Waals surface area contributed by atoms with E-state index in [-0.39, 0.29) is 6.10 Å². The molecule has 1 aromatic carbocycles. The molecule has 0 spiro atoms. The molecule has 1 aliphatic rings. The second-order valence-electron chi connectivity index (χ2n) is 3.72. The quantitative estimate of drug-likeness (QED) is 0.749. The fourth-order valence-electron chi connectivity index (χ4n) is 1.51. The topological polar surface area (TPSA) is 21.6 Å². The Morgan fingerprint density at radius 1 is 1.18 bits per heavy atom. The maximum absolute atomic E-state index is 5.82. The average molecular weight is 231 g/mol. The van der Waals surface area contributed by atoms with Gasteiger partial charge < -0.3 is 4.74 Å². The molecule has 0 N–H and O–H groups in total. The van der Waals surface area contributed by atoms with Crippen LogP contribution in [0.15, 0.2) is 41.5 Å². The zero-order chi connectivity index (χ0) is 12.5. The summed E-state index contributed by atoms with van der Waals surface area (Å²) in [6, 6.07) is 8.14. The molecule has 92 valence electrons. The lowest BCUT2D eigenvalue weighted by molar-refractivity contribution is 0.242. The van der Waals surface area contributed by atoms with Crippen LogP contribution < -0.4 is 4.74 Å². The van der Waals surface area contributed by atoms with E-state index >= 15 is 0 Å². The molecule has 1 atom stereocenters. The van der Waals surface area contributed by atoms with Crippen LogP contribution in [0.1, 0.15) is 32.3 Å². The van der Waals surface area contributed by atoms with Gasteiger partial charge in [0.15, 0.2) is 0 Å². The molecule has 1 heterocycles. The summed E-state index contributed by atoms with van der Waals surface area (Å²) >= 11 is 0. The fourth-order valence-corrected chi connectivity index (χ4v) is 1.51. The Labute approximate surface area is 104 Å². The van der Waals surface area contributed by atoms with Gasteiger partial charge in [-0.05, 0) is 38.0 Å².